The van der Waals surface area contributed by atoms with E-state index in [1.54, 1.807) is 0 Å². The maximum Gasteiger partial charge on any atom is 0.239 e. The molecule has 0 radical (unpaired) electrons. The summed E-state index contributed by atoms with van der Waals surface area (Å²) in [7, 11) is 0. The third-order valence-corrected chi connectivity index (χ3v) is 6.15. The van der Waals surface area contributed by atoms with E-state index in [0.717, 1.165) is 51.8 Å². The van der Waals surface area contributed by atoms with Crippen LogP contribution in [0.25, 0.3) is 0 Å². The van der Waals surface area contributed by atoms with Crippen molar-refractivity contribution in [3.8, 4) is 0 Å². The second-order valence-corrected chi connectivity index (χ2v) is 8.15. The van der Waals surface area contributed by atoms with Crippen LogP contribution in [0, 0.1) is 5.92 Å². The maximum absolute atomic E-state index is 14.0. The van der Waals surface area contributed by atoms with Crippen molar-refractivity contribution in [2.24, 2.45) is 5.92 Å². The molecule has 0 bridgehead atoms. The van der Waals surface area contributed by atoms with Gasteiger partial charge in [-0.15, -0.1) is 0 Å². The van der Waals surface area contributed by atoms with Crippen molar-refractivity contribution >= 4 is 5.91 Å². The fraction of sp³-hybridized carbons (Fsp3) is 0.944. The average molecular weight is 370 g/mol. The number of carbonyl (C=O) groups is 1. The van der Waals surface area contributed by atoms with Crippen LogP contribution in [-0.4, -0.2) is 67.6 Å². The number of hydrogen-bond acceptors (Lipinski definition) is 6. The molecule has 6 atom stereocenters. The number of hydrogen-bond donors (Lipinski definition) is 3. The number of halogens is 1. The number of carbonyl (C=O) groups excluding carboxylic acids is 1. The first kappa shape index (κ1) is 18.6. The molecule has 148 valence electrons. The quantitative estimate of drug-likeness (QED) is 0.660. The molecule has 0 spiro atoms. The van der Waals surface area contributed by atoms with Crippen LogP contribution in [0.15, 0.2) is 0 Å². The molecule has 3 heterocycles. The van der Waals surface area contributed by atoms with Crippen LogP contribution in [0.3, 0.4) is 0 Å². The average Bonchev–Trinajstić information content (AvgIpc) is 3.38. The van der Waals surface area contributed by atoms with Gasteiger partial charge in [0.15, 0.2) is 0 Å². The van der Waals surface area contributed by atoms with Crippen molar-refractivity contribution in [3.63, 3.8) is 0 Å². The van der Waals surface area contributed by atoms with Crippen LogP contribution in [-0.2, 0) is 14.4 Å². The van der Waals surface area contributed by atoms with E-state index >= 15 is 0 Å². The van der Waals surface area contributed by atoms with E-state index in [2.05, 4.69) is 21.2 Å². The Balaban J connectivity index is 1.19. The lowest BCUT2D eigenvalue weighted by Gasteiger charge is -2.29. The summed E-state index contributed by atoms with van der Waals surface area (Å²) in [6, 6.07) is -0.278. The minimum atomic E-state index is -0.686. The van der Waals surface area contributed by atoms with Crippen molar-refractivity contribution in [2.45, 2.75) is 75.4 Å². The standard InChI is InChI=1S/C18H31FN4O3/c19-14-5-2-1-4-12(14)10-23-11-13(9-20-23)21-18(24)15-8-17(26-22-15)16-6-3-7-25-16/h12-17,20,22H,1-11H2,(H,21,24). The van der Waals surface area contributed by atoms with Crippen molar-refractivity contribution in [3.05, 3.63) is 0 Å². The molecule has 1 amide bonds. The number of ether oxygens (including phenoxy) is 1. The first-order valence-corrected chi connectivity index (χ1v) is 10.1. The molecule has 0 aromatic carbocycles. The molecule has 3 aliphatic heterocycles. The highest BCUT2D eigenvalue weighted by atomic mass is 19.1. The zero-order chi connectivity index (χ0) is 17.9. The van der Waals surface area contributed by atoms with E-state index in [1.165, 1.54) is 0 Å². The van der Waals surface area contributed by atoms with Crippen LogP contribution in [0.1, 0.15) is 44.9 Å². The van der Waals surface area contributed by atoms with E-state index < -0.39 is 6.17 Å². The largest absolute Gasteiger partial charge is 0.375 e. The minimum absolute atomic E-state index is 0.0276. The summed E-state index contributed by atoms with van der Waals surface area (Å²) in [5.41, 5.74) is 6.17. The Morgan fingerprint density at radius 3 is 2.88 bits per heavy atom. The minimum Gasteiger partial charge on any atom is -0.375 e. The molecule has 8 heteroatoms. The van der Waals surface area contributed by atoms with Crippen LogP contribution >= 0.6 is 0 Å². The van der Waals surface area contributed by atoms with Gasteiger partial charge in [-0.05, 0) is 25.7 Å². The number of rotatable bonds is 5. The smallest absolute Gasteiger partial charge is 0.239 e. The predicted molar refractivity (Wildman–Crippen MR) is 93.7 cm³/mol. The summed E-state index contributed by atoms with van der Waals surface area (Å²) >= 11 is 0. The molecule has 26 heavy (non-hydrogen) atoms. The van der Waals surface area contributed by atoms with E-state index in [1.807, 2.05) is 0 Å². The zero-order valence-electron chi connectivity index (χ0n) is 15.3. The number of hydroxylamine groups is 1. The van der Waals surface area contributed by atoms with Crippen molar-refractivity contribution < 1.29 is 18.8 Å². The summed E-state index contributed by atoms with van der Waals surface area (Å²) in [4.78, 5) is 18.1. The fourth-order valence-corrected chi connectivity index (χ4v) is 4.61. The maximum atomic E-state index is 14.0. The molecule has 3 N–H and O–H groups in total. The molecule has 4 rings (SSSR count). The molecule has 4 fully saturated rings. The zero-order valence-corrected chi connectivity index (χ0v) is 15.3. The number of hydrazine groups is 1. The van der Waals surface area contributed by atoms with E-state index in [-0.39, 0.29) is 36.1 Å². The van der Waals surface area contributed by atoms with Crippen molar-refractivity contribution in [2.75, 3.05) is 26.2 Å². The molecule has 0 aromatic heterocycles. The highest BCUT2D eigenvalue weighted by Gasteiger charge is 2.38. The predicted octanol–water partition coefficient (Wildman–Crippen LogP) is 0.661. The molecule has 3 saturated heterocycles. The van der Waals surface area contributed by atoms with Gasteiger partial charge in [0.2, 0.25) is 5.91 Å². The second-order valence-electron chi connectivity index (χ2n) is 8.15. The Kier molecular flexibility index (Phi) is 6.05. The van der Waals surface area contributed by atoms with Crippen LogP contribution in [0.4, 0.5) is 4.39 Å². The number of nitrogens with zero attached hydrogens (tertiary/aromatic N) is 1. The van der Waals surface area contributed by atoms with Crippen LogP contribution < -0.4 is 16.2 Å². The van der Waals surface area contributed by atoms with E-state index in [4.69, 9.17) is 9.57 Å². The Labute approximate surface area is 154 Å². The number of amides is 1. The molecular weight excluding hydrogens is 339 g/mol. The lowest BCUT2D eigenvalue weighted by Crippen LogP contribution is -2.47. The number of alkyl halides is 1. The Morgan fingerprint density at radius 1 is 1.19 bits per heavy atom. The van der Waals surface area contributed by atoms with Gasteiger partial charge in [0.1, 0.15) is 18.3 Å². The van der Waals surface area contributed by atoms with Crippen LogP contribution in [0.5, 0.6) is 0 Å². The second kappa shape index (κ2) is 8.48. The highest BCUT2D eigenvalue weighted by molar-refractivity contribution is 5.82. The molecule has 1 aliphatic carbocycles. The Morgan fingerprint density at radius 2 is 2.08 bits per heavy atom. The Bertz CT molecular complexity index is 491. The lowest BCUT2D eigenvalue weighted by molar-refractivity contribution is -0.125. The van der Waals surface area contributed by atoms with Gasteiger partial charge in [-0.25, -0.2) is 9.40 Å². The van der Waals surface area contributed by atoms with Gasteiger partial charge in [0, 0.05) is 38.6 Å². The number of nitrogens with one attached hydrogen (secondary N) is 3. The summed E-state index contributed by atoms with van der Waals surface area (Å²) in [6.45, 7) is 2.92. The topological polar surface area (TPSA) is 74.9 Å². The van der Waals surface area contributed by atoms with Gasteiger partial charge in [-0.1, -0.05) is 12.8 Å². The lowest BCUT2D eigenvalue weighted by atomic mass is 9.87. The Hall–Kier alpha value is -0.800. The molecule has 6 unspecified atom stereocenters. The molecule has 4 aliphatic rings. The molecular formula is C18H31FN4O3. The van der Waals surface area contributed by atoms with E-state index in [9.17, 15) is 9.18 Å². The third kappa shape index (κ3) is 4.36. The fourth-order valence-electron chi connectivity index (χ4n) is 4.61. The van der Waals surface area contributed by atoms with Gasteiger partial charge in [0.05, 0.1) is 12.1 Å². The van der Waals surface area contributed by atoms with Crippen molar-refractivity contribution in [1.29, 1.82) is 0 Å². The summed E-state index contributed by atoms with van der Waals surface area (Å²) < 4.78 is 19.7. The SMILES string of the molecule is O=C(NC1CNN(CC2CCCCC2F)C1)C1CC(C2CCCO2)ON1. The van der Waals surface area contributed by atoms with E-state index in [0.29, 0.717) is 19.4 Å². The summed E-state index contributed by atoms with van der Waals surface area (Å²) in [6.07, 6.45) is 5.87. The van der Waals surface area contributed by atoms with Gasteiger partial charge >= 0.3 is 0 Å². The van der Waals surface area contributed by atoms with Gasteiger partial charge in [0.25, 0.3) is 0 Å². The molecule has 1 saturated carbocycles. The normalized spacial score (nSPS) is 41.6. The third-order valence-electron chi connectivity index (χ3n) is 6.15. The van der Waals surface area contributed by atoms with Crippen molar-refractivity contribution in [1.82, 2.24) is 21.2 Å². The van der Waals surface area contributed by atoms with Gasteiger partial charge in [-0.2, -0.15) is 5.48 Å². The summed E-state index contributed by atoms with van der Waals surface area (Å²) in [5, 5.41) is 5.16. The van der Waals surface area contributed by atoms with Gasteiger partial charge < -0.3 is 10.1 Å². The first-order valence-electron chi connectivity index (χ1n) is 10.1. The molecule has 0 aromatic rings. The monoisotopic (exact) mass is 370 g/mol. The highest BCUT2D eigenvalue weighted by Crippen LogP contribution is 2.28. The van der Waals surface area contributed by atoms with Crippen LogP contribution in [0.2, 0.25) is 0 Å². The molecule has 7 nitrogen and oxygen atoms in total. The summed E-state index contributed by atoms with van der Waals surface area (Å²) in [5.74, 6) is 0.0861. The first-order chi connectivity index (χ1) is 12.7. The van der Waals surface area contributed by atoms with Gasteiger partial charge in [-0.3, -0.25) is 15.1 Å².